The Morgan fingerprint density at radius 3 is 2.70 bits per heavy atom. The first-order valence-corrected chi connectivity index (χ1v) is 7.08. The van der Waals surface area contributed by atoms with E-state index in [1.54, 1.807) is 6.08 Å². The zero-order valence-electron chi connectivity index (χ0n) is 10.8. The number of nitrogens with two attached hydrogens (primary N) is 1. The largest absolute Gasteiger partial charge is 0.497 e. The number of nitro benzene ring substituents is 1. The Balaban J connectivity index is 3.11. The fraction of sp³-hybridized carbons (Fsp3) is 0.273. The Morgan fingerprint density at radius 1 is 1.45 bits per heavy atom. The van der Waals surface area contributed by atoms with Crippen LogP contribution in [0.2, 0.25) is 0 Å². The molecule has 0 aromatic heterocycles. The smallest absolute Gasteiger partial charge is 0.293 e. The van der Waals surface area contributed by atoms with Crippen molar-refractivity contribution in [3.63, 3.8) is 0 Å². The molecule has 110 valence electrons. The van der Waals surface area contributed by atoms with Crippen molar-refractivity contribution >= 4 is 15.7 Å². The second kappa shape index (κ2) is 6.98. The average molecular weight is 301 g/mol. The Hall–Kier alpha value is -1.97. The van der Waals surface area contributed by atoms with Gasteiger partial charge >= 0.3 is 0 Å². The first kappa shape index (κ1) is 16.1. The van der Waals surface area contributed by atoms with Gasteiger partial charge in [0, 0.05) is 13.1 Å². The van der Waals surface area contributed by atoms with E-state index in [0.29, 0.717) is 0 Å². The van der Waals surface area contributed by atoms with Crippen molar-refractivity contribution < 1.29 is 18.1 Å². The normalized spacial score (nSPS) is 11.7. The second-order valence-electron chi connectivity index (χ2n) is 3.65. The number of benzene rings is 1. The van der Waals surface area contributed by atoms with E-state index in [1.165, 1.54) is 19.3 Å². The first-order valence-electron chi connectivity index (χ1n) is 5.59. The van der Waals surface area contributed by atoms with Crippen LogP contribution in [0.25, 0.3) is 0 Å². The third-order valence-electron chi connectivity index (χ3n) is 2.35. The van der Waals surface area contributed by atoms with Gasteiger partial charge in [0.25, 0.3) is 5.69 Å². The lowest BCUT2D eigenvalue weighted by Gasteiger charge is -2.07. The molecular weight excluding hydrogens is 286 g/mol. The van der Waals surface area contributed by atoms with E-state index in [0.717, 1.165) is 12.1 Å². The Kier molecular flexibility index (Phi) is 5.62. The number of nitrogens with one attached hydrogen (secondary N) is 1. The van der Waals surface area contributed by atoms with Crippen LogP contribution in [0.5, 0.6) is 5.75 Å². The van der Waals surface area contributed by atoms with E-state index >= 15 is 0 Å². The van der Waals surface area contributed by atoms with Crippen molar-refractivity contribution in [2.75, 3.05) is 20.2 Å². The Bertz CT molecular complexity index is 612. The summed E-state index contributed by atoms with van der Waals surface area (Å²) in [6.45, 7) is 0.285. The maximum atomic E-state index is 12.0. The van der Waals surface area contributed by atoms with Crippen LogP contribution in [0.15, 0.2) is 35.2 Å². The highest BCUT2D eigenvalue weighted by Crippen LogP contribution is 2.27. The molecule has 0 saturated heterocycles. The van der Waals surface area contributed by atoms with E-state index < -0.39 is 25.5 Å². The molecule has 0 spiro atoms. The third kappa shape index (κ3) is 4.02. The molecule has 1 aromatic carbocycles. The zero-order valence-corrected chi connectivity index (χ0v) is 11.6. The molecule has 0 radical (unpaired) electrons. The predicted molar refractivity (Wildman–Crippen MR) is 73.0 cm³/mol. The van der Waals surface area contributed by atoms with Gasteiger partial charge in [-0.15, -0.1) is 0 Å². The molecule has 20 heavy (non-hydrogen) atoms. The number of hydrogen-bond donors (Lipinski definition) is 2. The van der Waals surface area contributed by atoms with Crippen LogP contribution < -0.4 is 15.2 Å². The fourth-order valence-corrected chi connectivity index (χ4v) is 2.54. The van der Waals surface area contributed by atoms with Gasteiger partial charge in [-0.3, -0.25) is 10.1 Å². The predicted octanol–water partition coefficient (Wildman–Crippen LogP) is 0.397. The highest BCUT2D eigenvalue weighted by Gasteiger charge is 2.25. The van der Waals surface area contributed by atoms with E-state index in [2.05, 4.69) is 4.72 Å². The maximum absolute atomic E-state index is 12.0. The van der Waals surface area contributed by atoms with Crippen LogP contribution in [0.1, 0.15) is 0 Å². The molecule has 0 amide bonds. The van der Waals surface area contributed by atoms with Gasteiger partial charge in [-0.1, -0.05) is 12.2 Å². The van der Waals surface area contributed by atoms with Gasteiger partial charge in [0.2, 0.25) is 10.0 Å². The molecule has 1 aromatic rings. The number of ether oxygens (including phenoxy) is 1. The Morgan fingerprint density at radius 2 is 2.15 bits per heavy atom. The molecule has 0 saturated carbocycles. The molecule has 0 aliphatic rings. The van der Waals surface area contributed by atoms with Gasteiger partial charge in [-0.25, -0.2) is 13.1 Å². The molecule has 9 heteroatoms. The van der Waals surface area contributed by atoms with Crippen LogP contribution in [0, 0.1) is 10.1 Å². The third-order valence-corrected chi connectivity index (χ3v) is 3.82. The summed E-state index contributed by atoms with van der Waals surface area (Å²) in [4.78, 5) is 9.76. The minimum atomic E-state index is -3.98. The summed E-state index contributed by atoms with van der Waals surface area (Å²) in [7, 11) is -2.64. The monoisotopic (exact) mass is 301 g/mol. The van der Waals surface area contributed by atoms with Crippen molar-refractivity contribution in [2.24, 2.45) is 5.73 Å². The summed E-state index contributed by atoms with van der Waals surface area (Å²) in [6.07, 6.45) is 3.10. The van der Waals surface area contributed by atoms with Gasteiger partial charge in [0.05, 0.1) is 18.1 Å². The second-order valence-corrected chi connectivity index (χ2v) is 5.39. The minimum absolute atomic E-state index is 0.00270. The van der Waals surface area contributed by atoms with Crippen LogP contribution >= 0.6 is 0 Å². The lowest BCUT2D eigenvalue weighted by Crippen LogP contribution is -2.24. The lowest BCUT2D eigenvalue weighted by molar-refractivity contribution is -0.387. The van der Waals surface area contributed by atoms with Gasteiger partial charge in [-0.05, 0) is 12.1 Å². The highest BCUT2D eigenvalue weighted by atomic mass is 32.2. The number of methoxy groups -OCH3 is 1. The average Bonchev–Trinajstić information content (AvgIpc) is 2.42. The Labute approximate surface area is 116 Å². The lowest BCUT2D eigenvalue weighted by atomic mass is 10.3. The molecule has 0 unspecified atom stereocenters. The molecule has 0 bridgehead atoms. The maximum Gasteiger partial charge on any atom is 0.293 e. The molecule has 0 aliphatic heterocycles. The van der Waals surface area contributed by atoms with Crippen LogP contribution in [0.3, 0.4) is 0 Å². The molecule has 0 fully saturated rings. The summed E-state index contributed by atoms with van der Waals surface area (Å²) in [5.41, 5.74) is 4.68. The number of rotatable bonds is 7. The fourth-order valence-electron chi connectivity index (χ4n) is 1.41. The summed E-state index contributed by atoms with van der Waals surface area (Å²) >= 11 is 0. The van der Waals surface area contributed by atoms with Gasteiger partial charge in [-0.2, -0.15) is 0 Å². The van der Waals surface area contributed by atoms with Crippen LogP contribution in [-0.4, -0.2) is 33.5 Å². The summed E-state index contributed by atoms with van der Waals surface area (Å²) in [6, 6.07) is 3.54. The van der Waals surface area contributed by atoms with Crippen molar-refractivity contribution in [3.8, 4) is 5.75 Å². The molecule has 8 nitrogen and oxygen atoms in total. The SMILES string of the molecule is COc1ccc(S(=O)(=O)NC/C=C/CN)c([N+](=O)[O-])c1. The zero-order chi connectivity index (χ0) is 15.2. The van der Waals surface area contributed by atoms with Crippen molar-refractivity contribution in [2.45, 2.75) is 4.90 Å². The van der Waals surface area contributed by atoms with Crippen molar-refractivity contribution in [1.82, 2.24) is 4.72 Å². The summed E-state index contributed by atoms with van der Waals surface area (Å²) in [5.74, 6) is 0.207. The molecule has 0 aliphatic carbocycles. The number of hydrogen-bond acceptors (Lipinski definition) is 6. The van der Waals surface area contributed by atoms with Crippen molar-refractivity contribution in [1.29, 1.82) is 0 Å². The first-order chi connectivity index (χ1) is 9.42. The topological polar surface area (TPSA) is 125 Å². The standard InChI is InChI=1S/C11H15N3O5S/c1-19-9-4-5-11(10(8-9)14(15)16)20(17,18)13-7-3-2-6-12/h2-5,8,13H,6-7,12H2,1H3/b3-2+. The molecule has 0 atom stereocenters. The van der Waals surface area contributed by atoms with Gasteiger partial charge < -0.3 is 10.5 Å². The summed E-state index contributed by atoms with van der Waals surface area (Å²) < 4.78 is 31.1. The highest BCUT2D eigenvalue weighted by molar-refractivity contribution is 7.89. The number of nitrogens with zero attached hydrogens (tertiary/aromatic N) is 1. The van der Waals surface area contributed by atoms with E-state index in [4.69, 9.17) is 10.5 Å². The number of nitro groups is 1. The molecule has 1 rings (SSSR count). The minimum Gasteiger partial charge on any atom is -0.497 e. The quantitative estimate of drug-likeness (QED) is 0.426. The van der Waals surface area contributed by atoms with Crippen LogP contribution in [0.4, 0.5) is 5.69 Å². The molecule has 3 N–H and O–H groups in total. The van der Waals surface area contributed by atoms with E-state index in [-0.39, 0.29) is 18.8 Å². The van der Waals surface area contributed by atoms with Crippen LogP contribution in [-0.2, 0) is 10.0 Å². The van der Waals surface area contributed by atoms with Gasteiger partial charge in [0.15, 0.2) is 4.90 Å². The van der Waals surface area contributed by atoms with E-state index in [9.17, 15) is 18.5 Å². The molecule has 0 heterocycles. The van der Waals surface area contributed by atoms with Gasteiger partial charge in [0.1, 0.15) is 5.75 Å². The van der Waals surface area contributed by atoms with Crippen molar-refractivity contribution in [3.05, 3.63) is 40.5 Å². The molecular formula is C11H15N3O5S. The van der Waals surface area contributed by atoms with E-state index in [1.807, 2.05) is 0 Å². The number of sulfonamides is 1. The summed E-state index contributed by atoms with van der Waals surface area (Å²) in [5, 5.41) is 10.9.